The highest BCUT2D eigenvalue weighted by molar-refractivity contribution is 6.06. The molecule has 146 valence electrons. The number of hydrogen-bond acceptors (Lipinski definition) is 4. The maximum atomic E-state index is 13.1. The number of carbonyl (C=O) groups excluding carboxylic acids is 3. The molecule has 1 N–H and O–H groups in total. The van der Waals surface area contributed by atoms with Crippen molar-refractivity contribution < 1.29 is 19.1 Å². The third-order valence-corrected chi connectivity index (χ3v) is 4.66. The Morgan fingerprint density at radius 3 is 2.71 bits per heavy atom. The van der Waals surface area contributed by atoms with Crippen molar-refractivity contribution in [3.63, 3.8) is 0 Å². The molecular weight excluding hydrogens is 358 g/mol. The third-order valence-electron chi connectivity index (χ3n) is 4.66. The molecule has 1 heterocycles. The number of rotatable bonds is 4. The van der Waals surface area contributed by atoms with E-state index in [4.69, 9.17) is 4.74 Å². The summed E-state index contributed by atoms with van der Waals surface area (Å²) >= 11 is 0. The van der Waals surface area contributed by atoms with Crippen molar-refractivity contribution in [3.8, 4) is 5.75 Å². The van der Waals surface area contributed by atoms with E-state index in [-0.39, 0.29) is 36.7 Å². The number of anilines is 2. The fraction of sp³-hybridized carbons (Fsp3) is 0.286. The number of benzene rings is 2. The smallest absolute Gasteiger partial charge is 0.254 e. The summed E-state index contributed by atoms with van der Waals surface area (Å²) < 4.78 is 5.15. The summed E-state index contributed by atoms with van der Waals surface area (Å²) in [5, 5.41) is 2.82. The van der Waals surface area contributed by atoms with E-state index >= 15 is 0 Å². The zero-order valence-corrected chi connectivity index (χ0v) is 16.1. The number of hydrogen-bond donors (Lipinski definition) is 1. The number of nitrogens with zero attached hydrogens (tertiary/aromatic N) is 2. The lowest BCUT2D eigenvalue weighted by Crippen LogP contribution is -2.45. The molecule has 1 atom stereocenters. The van der Waals surface area contributed by atoms with E-state index < -0.39 is 0 Å². The molecule has 0 saturated heterocycles. The van der Waals surface area contributed by atoms with Gasteiger partial charge < -0.3 is 19.9 Å². The molecular formula is C21H23N3O4. The van der Waals surface area contributed by atoms with Gasteiger partial charge in [-0.25, -0.2) is 0 Å². The van der Waals surface area contributed by atoms with Crippen LogP contribution in [0.3, 0.4) is 0 Å². The lowest BCUT2D eigenvalue weighted by atomic mass is 10.1. The van der Waals surface area contributed by atoms with Crippen LogP contribution < -0.4 is 15.0 Å². The largest absolute Gasteiger partial charge is 0.497 e. The van der Waals surface area contributed by atoms with Crippen LogP contribution in [0.5, 0.6) is 5.75 Å². The molecule has 3 rings (SSSR count). The van der Waals surface area contributed by atoms with Gasteiger partial charge in [0, 0.05) is 25.1 Å². The molecule has 3 amide bonds. The quantitative estimate of drug-likeness (QED) is 0.883. The van der Waals surface area contributed by atoms with Crippen LogP contribution in [-0.2, 0) is 9.59 Å². The van der Waals surface area contributed by atoms with E-state index in [0.29, 0.717) is 22.7 Å². The molecule has 1 aliphatic rings. The molecule has 7 nitrogen and oxygen atoms in total. The first-order chi connectivity index (χ1) is 13.4. The van der Waals surface area contributed by atoms with Gasteiger partial charge in [0.15, 0.2) is 0 Å². The maximum absolute atomic E-state index is 13.1. The Balaban J connectivity index is 1.81. The average molecular weight is 381 g/mol. The van der Waals surface area contributed by atoms with Crippen molar-refractivity contribution >= 4 is 29.1 Å². The second-order valence-corrected chi connectivity index (χ2v) is 6.78. The number of likely N-dealkylation sites (N-methyl/N-ethyl adjacent to an activating group) is 1. The van der Waals surface area contributed by atoms with Crippen molar-refractivity contribution in [1.82, 2.24) is 4.90 Å². The molecule has 0 spiro atoms. The van der Waals surface area contributed by atoms with E-state index in [1.54, 1.807) is 54.4 Å². The predicted octanol–water partition coefficient (Wildman–Crippen LogP) is 2.53. The Bertz CT molecular complexity index is 912. The Kier molecular flexibility index (Phi) is 5.63. The minimum absolute atomic E-state index is 0.108. The second-order valence-electron chi connectivity index (χ2n) is 6.78. The van der Waals surface area contributed by atoms with Crippen LogP contribution in [0.4, 0.5) is 11.4 Å². The van der Waals surface area contributed by atoms with Gasteiger partial charge in [0.05, 0.1) is 18.5 Å². The maximum Gasteiger partial charge on any atom is 0.254 e. The van der Waals surface area contributed by atoms with Gasteiger partial charge in [-0.05, 0) is 37.3 Å². The minimum Gasteiger partial charge on any atom is -0.497 e. The van der Waals surface area contributed by atoms with Crippen LogP contribution in [0, 0.1) is 0 Å². The van der Waals surface area contributed by atoms with E-state index in [0.717, 1.165) is 0 Å². The van der Waals surface area contributed by atoms with Gasteiger partial charge in [-0.15, -0.1) is 0 Å². The summed E-state index contributed by atoms with van der Waals surface area (Å²) in [5.41, 5.74) is 1.66. The standard InChI is InChI=1S/C21H23N3O4/c1-14-11-19(25)22-17-9-4-5-10-18(17)24(14)20(26)13-23(2)21(27)15-7-6-8-16(12-15)28-3/h4-10,12,14H,11,13H2,1-3H3,(H,22,25)/t14-/m1/s1. The predicted molar refractivity (Wildman–Crippen MR) is 107 cm³/mol. The van der Waals surface area contributed by atoms with E-state index in [2.05, 4.69) is 5.32 Å². The molecule has 0 bridgehead atoms. The molecule has 0 unspecified atom stereocenters. The Hall–Kier alpha value is -3.35. The van der Waals surface area contributed by atoms with Gasteiger partial charge in [-0.1, -0.05) is 18.2 Å². The first-order valence-corrected chi connectivity index (χ1v) is 9.01. The summed E-state index contributed by atoms with van der Waals surface area (Å²) in [6, 6.07) is 13.6. The van der Waals surface area contributed by atoms with Gasteiger partial charge in [0.1, 0.15) is 12.3 Å². The Morgan fingerprint density at radius 1 is 1.21 bits per heavy atom. The number of amides is 3. The molecule has 2 aromatic rings. The summed E-state index contributed by atoms with van der Waals surface area (Å²) in [4.78, 5) is 40.8. The molecule has 0 fully saturated rings. The third kappa shape index (κ3) is 3.98. The fourth-order valence-corrected chi connectivity index (χ4v) is 3.30. The van der Waals surface area contributed by atoms with Gasteiger partial charge in [-0.2, -0.15) is 0 Å². The molecule has 7 heteroatoms. The van der Waals surface area contributed by atoms with Crippen LogP contribution in [-0.4, -0.2) is 49.4 Å². The van der Waals surface area contributed by atoms with E-state index in [1.807, 2.05) is 13.0 Å². The van der Waals surface area contributed by atoms with Crippen LogP contribution in [0.15, 0.2) is 48.5 Å². The van der Waals surface area contributed by atoms with E-state index in [9.17, 15) is 14.4 Å². The molecule has 0 radical (unpaired) electrons. The van der Waals surface area contributed by atoms with Crippen LogP contribution in [0.25, 0.3) is 0 Å². The highest BCUT2D eigenvalue weighted by Gasteiger charge is 2.30. The monoisotopic (exact) mass is 381 g/mol. The first-order valence-electron chi connectivity index (χ1n) is 9.01. The summed E-state index contributed by atoms with van der Waals surface area (Å²) in [5.74, 6) is -0.103. The number of nitrogens with one attached hydrogen (secondary N) is 1. The lowest BCUT2D eigenvalue weighted by molar-refractivity contribution is -0.119. The molecule has 1 aliphatic heterocycles. The second kappa shape index (κ2) is 8.12. The zero-order valence-electron chi connectivity index (χ0n) is 16.1. The molecule has 0 aliphatic carbocycles. The number of carbonyl (C=O) groups is 3. The SMILES string of the molecule is COc1cccc(C(=O)N(C)CC(=O)N2c3ccccc3NC(=O)C[C@H]2C)c1. The van der Waals surface area contributed by atoms with Crippen molar-refractivity contribution in [2.24, 2.45) is 0 Å². The molecule has 0 saturated carbocycles. The van der Waals surface area contributed by atoms with Crippen LogP contribution in [0.1, 0.15) is 23.7 Å². The van der Waals surface area contributed by atoms with Crippen molar-refractivity contribution in [2.75, 3.05) is 30.9 Å². The first kappa shape index (κ1) is 19.4. The normalized spacial score (nSPS) is 15.9. The van der Waals surface area contributed by atoms with Crippen molar-refractivity contribution in [3.05, 3.63) is 54.1 Å². The number of methoxy groups -OCH3 is 1. The zero-order chi connectivity index (χ0) is 20.3. The van der Waals surface area contributed by atoms with E-state index in [1.165, 1.54) is 12.0 Å². The number of fused-ring (bicyclic) bond motifs is 1. The highest BCUT2D eigenvalue weighted by Crippen LogP contribution is 2.31. The Morgan fingerprint density at radius 2 is 1.96 bits per heavy atom. The number of ether oxygens (including phenoxy) is 1. The topological polar surface area (TPSA) is 79.0 Å². The van der Waals surface area contributed by atoms with Crippen molar-refractivity contribution in [1.29, 1.82) is 0 Å². The minimum atomic E-state index is -0.323. The van der Waals surface area contributed by atoms with Crippen molar-refractivity contribution in [2.45, 2.75) is 19.4 Å². The van der Waals surface area contributed by atoms with Gasteiger partial charge in [-0.3, -0.25) is 14.4 Å². The molecule has 0 aromatic heterocycles. The highest BCUT2D eigenvalue weighted by atomic mass is 16.5. The fourth-order valence-electron chi connectivity index (χ4n) is 3.30. The van der Waals surface area contributed by atoms with Crippen LogP contribution >= 0.6 is 0 Å². The Labute approximate surface area is 163 Å². The average Bonchev–Trinajstić information content (AvgIpc) is 2.81. The lowest BCUT2D eigenvalue weighted by Gasteiger charge is -2.29. The molecule has 28 heavy (non-hydrogen) atoms. The van der Waals surface area contributed by atoms with Gasteiger partial charge in [0.25, 0.3) is 5.91 Å². The van der Waals surface area contributed by atoms with Gasteiger partial charge >= 0.3 is 0 Å². The molecule has 2 aromatic carbocycles. The summed E-state index contributed by atoms with van der Waals surface area (Å²) in [7, 11) is 3.11. The summed E-state index contributed by atoms with van der Waals surface area (Å²) in [6.07, 6.45) is 0.188. The summed E-state index contributed by atoms with van der Waals surface area (Å²) in [6.45, 7) is 1.71. The van der Waals surface area contributed by atoms with Crippen LogP contribution in [0.2, 0.25) is 0 Å². The van der Waals surface area contributed by atoms with Gasteiger partial charge in [0.2, 0.25) is 11.8 Å². The number of para-hydroxylation sites is 2.